The number of ether oxygens (including phenoxy) is 1. The van der Waals surface area contributed by atoms with Crippen LogP contribution in [0.4, 0.5) is 0 Å². The lowest BCUT2D eigenvalue weighted by Crippen LogP contribution is -2.68. The van der Waals surface area contributed by atoms with Crippen molar-refractivity contribution in [1.29, 1.82) is 0 Å². The molecule has 0 bridgehead atoms. The summed E-state index contributed by atoms with van der Waals surface area (Å²) < 4.78 is 6.06. The third kappa shape index (κ3) is 6.77. The van der Waals surface area contributed by atoms with Gasteiger partial charge < -0.3 is 25.2 Å². The van der Waals surface area contributed by atoms with E-state index in [-0.39, 0.29) is 21.9 Å². The van der Waals surface area contributed by atoms with Gasteiger partial charge in [0.05, 0.1) is 20.9 Å². The second-order valence-corrected chi connectivity index (χ2v) is 14.6. The first kappa shape index (κ1) is 36.3. The maximum Gasteiger partial charge on any atom is 0.311 e. The smallest absolute Gasteiger partial charge is 0.311 e. The first-order valence-electron chi connectivity index (χ1n) is 17.1. The summed E-state index contributed by atoms with van der Waals surface area (Å²) in [6, 6.07) is 25.7. The Morgan fingerprint density at radius 2 is 1.42 bits per heavy atom. The summed E-state index contributed by atoms with van der Waals surface area (Å²) in [4.78, 5) is 28.7. The van der Waals surface area contributed by atoms with Gasteiger partial charge in [-0.15, -0.1) is 0 Å². The van der Waals surface area contributed by atoms with Crippen LogP contribution < -0.4 is 5.32 Å². The molecule has 2 aliphatic rings. The lowest BCUT2D eigenvalue weighted by molar-refractivity contribution is -0.171. The van der Waals surface area contributed by atoms with Crippen LogP contribution in [0.25, 0.3) is 0 Å². The van der Waals surface area contributed by atoms with Gasteiger partial charge in [0.25, 0.3) is 0 Å². The number of benzene rings is 3. The molecule has 0 aliphatic carbocycles. The standard InChI is InChI=1S/C39H48Cl2N2O5/c1-27-37(3,35(44)45)34(31-17-10-18-32(40)33(31)41)39(36(46)47,28(2)42-27)19-11-25-48-26-12-22-43-23-20-38(21-24-43,29-13-6-4-7-14-29)30-15-8-5-9-16-30/h4-10,13-18,27-28,34,42H,11-12,19-26H2,1-3H3,(H,44,45)(H,46,47)/t27-,28?,34?,37?,39?/m1/s1. The Kier molecular flexibility index (Phi) is 11.6. The van der Waals surface area contributed by atoms with Gasteiger partial charge in [-0.1, -0.05) is 96.0 Å². The molecule has 3 N–H and O–H groups in total. The number of hydrogen-bond acceptors (Lipinski definition) is 5. The molecule has 2 heterocycles. The van der Waals surface area contributed by atoms with E-state index in [1.165, 1.54) is 11.1 Å². The first-order chi connectivity index (χ1) is 23.0. The molecule has 0 aromatic heterocycles. The van der Waals surface area contributed by atoms with Crippen LogP contribution >= 0.6 is 23.2 Å². The third-order valence-corrected chi connectivity index (χ3v) is 12.3. The van der Waals surface area contributed by atoms with E-state index in [1.54, 1.807) is 32.0 Å². The summed E-state index contributed by atoms with van der Waals surface area (Å²) in [7, 11) is 0. The average molecular weight is 696 g/mol. The Morgan fingerprint density at radius 1 is 0.833 bits per heavy atom. The van der Waals surface area contributed by atoms with E-state index < -0.39 is 40.8 Å². The minimum absolute atomic E-state index is 0.0163. The van der Waals surface area contributed by atoms with Crippen molar-refractivity contribution in [3.8, 4) is 0 Å². The van der Waals surface area contributed by atoms with Gasteiger partial charge in [0.15, 0.2) is 0 Å². The number of carboxylic acids is 2. The summed E-state index contributed by atoms with van der Waals surface area (Å²) >= 11 is 13.1. The number of nitrogens with one attached hydrogen (secondary N) is 1. The molecule has 2 aliphatic heterocycles. The highest BCUT2D eigenvalue weighted by atomic mass is 35.5. The highest BCUT2D eigenvalue weighted by molar-refractivity contribution is 6.42. The van der Waals surface area contributed by atoms with Crippen molar-refractivity contribution in [2.45, 2.75) is 76.3 Å². The number of rotatable bonds is 13. The molecule has 5 rings (SSSR count). The minimum Gasteiger partial charge on any atom is -0.481 e. The van der Waals surface area contributed by atoms with E-state index in [2.05, 4.69) is 70.9 Å². The van der Waals surface area contributed by atoms with Gasteiger partial charge in [0, 0.05) is 43.2 Å². The Bertz CT molecular complexity index is 1510. The molecule has 0 radical (unpaired) electrons. The minimum atomic E-state index is -1.47. The van der Waals surface area contributed by atoms with Crippen molar-refractivity contribution < 1.29 is 24.5 Å². The van der Waals surface area contributed by atoms with Gasteiger partial charge in [-0.3, -0.25) is 9.59 Å². The summed E-state index contributed by atoms with van der Waals surface area (Å²) in [5.41, 5.74) is 0.283. The zero-order chi connectivity index (χ0) is 34.5. The van der Waals surface area contributed by atoms with Crippen LogP contribution in [0.2, 0.25) is 10.0 Å². The number of carbonyl (C=O) groups is 2. The highest BCUT2D eigenvalue weighted by Gasteiger charge is 2.65. The fraction of sp³-hybridized carbons (Fsp3) is 0.487. The number of halogens is 2. The number of likely N-dealkylation sites (tertiary alicyclic amines) is 1. The van der Waals surface area contributed by atoms with E-state index in [1.807, 2.05) is 6.92 Å². The van der Waals surface area contributed by atoms with Crippen molar-refractivity contribution in [3.63, 3.8) is 0 Å². The predicted octanol–water partition coefficient (Wildman–Crippen LogP) is 7.89. The second kappa shape index (κ2) is 15.3. The van der Waals surface area contributed by atoms with E-state index in [4.69, 9.17) is 27.9 Å². The average Bonchev–Trinajstić information content (AvgIpc) is 3.09. The van der Waals surface area contributed by atoms with Crippen LogP contribution in [0.5, 0.6) is 0 Å². The van der Waals surface area contributed by atoms with Gasteiger partial charge in [0.1, 0.15) is 0 Å². The normalized spacial score (nSPS) is 27.4. The van der Waals surface area contributed by atoms with Crippen molar-refractivity contribution >= 4 is 35.1 Å². The van der Waals surface area contributed by atoms with Gasteiger partial charge in [-0.25, -0.2) is 0 Å². The molecular weight excluding hydrogens is 647 g/mol. The van der Waals surface area contributed by atoms with Crippen LogP contribution in [0.1, 0.15) is 75.5 Å². The van der Waals surface area contributed by atoms with Gasteiger partial charge in [-0.2, -0.15) is 0 Å². The number of nitrogens with zero attached hydrogens (tertiary/aromatic N) is 1. The summed E-state index contributed by atoms with van der Waals surface area (Å²) in [5.74, 6) is -3.08. The molecule has 0 spiro atoms. The Labute approximate surface area is 294 Å². The van der Waals surface area contributed by atoms with Crippen LogP contribution in [0.3, 0.4) is 0 Å². The first-order valence-corrected chi connectivity index (χ1v) is 17.8. The van der Waals surface area contributed by atoms with Crippen LogP contribution in [-0.2, 0) is 19.7 Å². The van der Waals surface area contributed by atoms with Crippen molar-refractivity contribution in [1.82, 2.24) is 10.2 Å². The molecule has 48 heavy (non-hydrogen) atoms. The SMILES string of the molecule is CC1N[C@H](C)C(C)(C(=O)O)C(c2cccc(Cl)c2Cl)C1(CCCOCCCN1CCC(c2ccccc2)(c2ccccc2)CC1)C(=O)O. The predicted molar refractivity (Wildman–Crippen MR) is 191 cm³/mol. The van der Waals surface area contributed by atoms with Crippen LogP contribution in [0.15, 0.2) is 78.9 Å². The van der Waals surface area contributed by atoms with Crippen molar-refractivity contribution in [2.24, 2.45) is 10.8 Å². The molecule has 2 saturated heterocycles. The molecule has 5 atom stereocenters. The second-order valence-electron chi connectivity index (χ2n) is 13.8. The molecule has 0 amide bonds. The third-order valence-electron chi connectivity index (χ3n) is 11.4. The molecule has 3 aromatic rings. The Morgan fingerprint density at radius 3 is 1.98 bits per heavy atom. The maximum atomic E-state index is 13.3. The number of hydrogen-bond donors (Lipinski definition) is 3. The molecule has 7 nitrogen and oxygen atoms in total. The number of piperidine rings is 2. The van der Waals surface area contributed by atoms with Gasteiger partial charge in [-0.05, 0) is 88.7 Å². The van der Waals surface area contributed by atoms with E-state index >= 15 is 0 Å². The molecule has 4 unspecified atom stereocenters. The molecule has 258 valence electrons. The fourth-order valence-corrected chi connectivity index (χ4v) is 8.95. The largest absolute Gasteiger partial charge is 0.481 e. The lowest BCUT2D eigenvalue weighted by atomic mass is 9.51. The van der Waals surface area contributed by atoms with E-state index in [0.29, 0.717) is 25.2 Å². The summed E-state index contributed by atoms with van der Waals surface area (Å²) in [5, 5.41) is 25.2. The molecule has 9 heteroatoms. The fourth-order valence-electron chi connectivity index (χ4n) is 8.54. The highest BCUT2D eigenvalue weighted by Crippen LogP contribution is 2.58. The monoisotopic (exact) mass is 694 g/mol. The van der Waals surface area contributed by atoms with E-state index in [9.17, 15) is 19.8 Å². The lowest BCUT2D eigenvalue weighted by Gasteiger charge is -2.56. The Hall–Kier alpha value is -2.94. The number of carboxylic acid groups (broad SMARTS) is 2. The zero-order valence-electron chi connectivity index (χ0n) is 28.1. The van der Waals surface area contributed by atoms with Gasteiger partial charge in [0.2, 0.25) is 0 Å². The topological polar surface area (TPSA) is 99.1 Å². The summed E-state index contributed by atoms with van der Waals surface area (Å²) in [6.45, 7) is 9.11. The van der Waals surface area contributed by atoms with Crippen molar-refractivity contribution in [3.05, 3.63) is 106 Å². The molecule has 2 fully saturated rings. The summed E-state index contributed by atoms with van der Waals surface area (Å²) in [6.07, 6.45) is 3.65. The Balaban J connectivity index is 1.20. The molecule has 0 saturated carbocycles. The molecular formula is C39H48Cl2N2O5. The van der Waals surface area contributed by atoms with Crippen LogP contribution in [-0.4, -0.2) is 72.0 Å². The quantitative estimate of drug-likeness (QED) is 0.157. The zero-order valence-corrected chi connectivity index (χ0v) is 29.6. The number of aliphatic carboxylic acids is 2. The van der Waals surface area contributed by atoms with Crippen LogP contribution in [0, 0.1) is 10.8 Å². The van der Waals surface area contributed by atoms with E-state index in [0.717, 1.165) is 38.9 Å². The van der Waals surface area contributed by atoms with Gasteiger partial charge >= 0.3 is 11.9 Å². The van der Waals surface area contributed by atoms with Crippen molar-refractivity contribution in [2.75, 3.05) is 32.8 Å². The molecule has 3 aromatic carbocycles. The maximum absolute atomic E-state index is 13.3.